The van der Waals surface area contributed by atoms with Gasteiger partial charge in [-0.2, -0.15) is 0 Å². The summed E-state index contributed by atoms with van der Waals surface area (Å²) in [5.41, 5.74) is 1.92. The molecule has 100 valence electrons. The summed E-state index contributed by atoms with van der Waals surface area (Å²) in [6.07, 6.45) is 6.27. The molecule has 2 rings (SSSR count). The molecule has 2 unspecified atom stereocenters. The number of rotatable bonds is 3. The van der Waals surface area contributed by atoms with Gasteiger partial charge in [0.05, 0.1) is 0 Å². The molecule has 0 aliphatic heterocycles. The predicted molar refractivity (Wildman–Crippen MR) is 74.4 cm³/mol. The van der Waals surface area contributed by atoms with Gasteiger partial charge in [-0.15, -0.1) is 0 Å². The Morgan fingerprint density at radius 3 is 2.72 bits per heavy atom. The Morgan fingerprint density at radius 2 is 2.00 bits per heavy atom. The molecule has 1 aromatic rings. The van der Waals surface area contributed by atoms with Gasteiger partial charge in [-0.3, -0.25) is 0 Å². The van der Waals surface area contributed by atoms with Crippen molar-refractivity contribution in [1.82, 2.24) is 5.32 Å². The highest BCUT2D eigenvalue weighted by Crippen LogP contribution is 2.32. The smallest absolute Gasteiger partial charge is 0.126 e. The third-order valence-electron chi connectivity index (χ3n) is 4.11. The average molecular weight is 249 g/mol. The molecule has 1 aromatic carbocycles. The van der Waals surface area contributed by atoms with Crippen molar-refractivity contribution in [2.45, 2.75) is 57.9 Å². The maximum absolute atomic E-state index is 13.7. The number of aryl methyl sites for hydroxylation is 1. The second kappa shape index (κ2) is 6.33. The van der Waals surface area contributed by atoms with E-state index >= 15 is 0 Å². The van der Waals surface area contributed by atoms with Crippen molar-refractivity contribution in [3.8, 4) is 0 Å². The summed E-state index contributed by atoms with van der Waals surface area (Å²) in [7, 11) is 0. The van der Waals surface area contributed by atoms with Crippen molar-refractivity contribution in [3.05, 3.63) is 35.1 Å². The third-order valence-corrected chi connectivity index (χ3v) is 4.11. The molecule has 0 spiro atoms. The van der Waals surface area contributed by atoms with Crippen LogP contribution in [0.3, 0.4) is 0 Å². The van der Waals surface area contributed by atoms with Gasteiger partial charge in [0, 0.05) is 6.04 Å². The van der Waals surface area contributed by atoms with Crippen LogP contribution in [0.4, 0.5) is 4.39 Å². The van der Waals surface area contributed by atoms with Crippen LogP contribution in [0.25, 0.3) is 0 Å². The van der Waals surface area contributed by atoms with Crippen molar-refractivity contribution in [2.24, 2.45) is 0 Å². The fraction of sp³-hybridized carbons (Fsp3) is 0.625. The Kier molecular flexibility index (Phi) is 4.76. The normalized spacial score (nSPS) is 24.8. The molecular formula is C16H24FN. The average Bonchev–Trinajstić information content (AvgIpc) is 2.59. The topological polar surface area (TPSA) is 12.0 Å². The Bertz CT molecular complexity index is 389. The van der Waals surface area contributed by atoms with Crippen LogP contribution in [0, 0.1) is 12.7 Å². The van der Waals surface area contributed by atoms with Crippen molar-refractivity contribution < 1.29 is 4.39 Å². The first-order valence-electron chi connectivity index (χ1n) is 7.21. The van der Waals surface area contributed by atoms with E-state index in [-0.39, 0.29) is 5.82 Å². The Hall–Kier alpha value is -0.890. The summed E-state index contributed by atoms with van der Waals surface area (Å²) in [6, 6.07) is 6.28. The maximum Gasteiger partial charge on any atom is 0.126 e. The zero-order valence-corrected chi connectivity index (χ0v) is 11.5. The van der Waals surface area contributed by atoms with Gasteiger partial charge in [0.1, 0.15) is 5.82 Å². The van der Waals surface area contributed by atoms with E-state index < -0.39 is 0 Å². The number of hydrogen-bond donors (Lipinski definition) is 1. The quantitative estimate of drug-likeness (QED) is 0.793. The van der Waals surface area contributed by atoms with E-state index in [1.165, 1.54) is 37.7 Å². The van der Waals surface area contributed by atoms with Crippen LogP contribution >= 0.6 is 0 Å². The number of halogens is 1. The highest BCUT2D eigenvalue weighted by atomic mass is 19.1. The first-order valence-corrected chi connectivity index (χ1v) is 7.21. The first-order chi connectivity index (χ1) is 8.72. The first kappa shape index (κ1) is 13.5. The molecule has 1 nitrogen and oxygen atoms in total. The Morgan fingerprint density at radius 1 is 1.22 bits per heavy atom. The summed E-state index contributed by atoms with van der Waals surface area (Å²) >= 11 is 0. The number of benzene rings is 1. The Labute approximate surface area is 110 Å². The SMILES string of the molecule is CCNC1CCCCCC1c1ccc(C)c(F)c1. The summed E-state index contributed by atoms with van der Waals surface area (Å²) in [5.74, 6) is 0.412. The van der Waals surface area contributed by atoms with Crippen LogP contribution in [0.5, 0.6) is 0 Å². The molecular weight excluding hydrogens is 225 g/mol. The summed E-state index contributed by atoms with van der Waals surface area (Å²) in [4.78, 5) is 0. The summed E-state index contributed by atoms with van der Waals surface area (Å²) in [5, 5.41) is 3.58. The van der Waals surface area contributed by atoms with E-state index in [0.29, 0.717) is 12.0 Å². The number of nitrogens with one attached hydrogen (secondary N) is 1. The fourth-order valence-corrected chi connectivity index (χ4v) is 3.05. The highest BCUT2D eigenvalue weighted by Gasteiger charge is 2.24. The van der Waals surface area contributed by atoms with Gasteiger partial charge in [0.15, 0.2) is 0 Å². The molecule has 0 amide bonds. The minimum absolute atomic E-state index is 0.0630. The highest BCUT2D eigenvalue weighted by molar-refractivity contribution is 5.27. The molecule has 18 heavy (non-hydrogen) atoms. The zero-order valence-electron chi connectivity index (χ0n) is 11.5. The largest absolute Gasteiger partial charge is 0.314 e. The van der Waals surface area contributed by atoms with Gasteiger partial charge in [-0.25, -0.2) is 4.39 Å². The van der Waals surface area contributed by atoms with E-state index in [1.807, 2.05) is 13.0 Å². The van der Waals surface area contributed by atoms with Crippen LogP contribution in [-0.4, -0.2) is 12.6 Å². The lowest BCUT2D eigenvalue weighted by molar-refractivity contribution is 0.418. The van der Waals surface area contributed by atoms with Crippen molar-refractivity contribution in [3.63, 3.8) is 0 Å². The van der Waals surface area contributed by atoms with Crippen molar-refractivity contribution in [2.75, 3.05) is 6.54 Å². The van der Waals surface area contributed by atoms with Crippen LogP contribution in [0.1, 0.15) is 56.1 Å². The van der Waals surface area contributed by atoms with Gasteiger partial charge in [-0.1, -0.05) is 38.3 Å². The van der Waals surface area contributed by atoms with E-state index in [9.17, 15) is 4.39 Å². The molecule has 1 N–H and O–H groups in total. The Balaban J connectivity index is 2.22. The third kappa shape index (κ3) is 3.11. The molecule has 2 heteroatoms. The van der Waals surface area contributed by atoms with E-state index in [2.05, 4.69) is 18.3 Å². The van der Waals surface area contributed by atoms with Crippen LogP contribution in [0.15, 0.2) is 18.2 Å². The summed E-state index contributed by atoms with van der Waals surface area (Å²) in [6.45, 7) is 4.97. The predicted octanol–water partition coefficient (Wildman–Crippen LogP) is 4.16. The van der Waals surface area contributed by atoms with E-state index in [0.717, 1.165) is 12.1 Å². The fourth-order valence-electron chi connectivity index (χ4n) is 3.05. The van der Waals surface area contributed by atoms with Crippen LogP contribution < -0.4 is 5.32 Å². The molecule has 1 aliphatic rings. The molecule has 2 atom stereocenters. The molecule has 1 aliphatic carbocycles. The number of likely N-dealkylation sites (N-methyl/N-ethyl adjacent to an activating group) is 1. The zero-order chi connectivity index (χ0) is 13.0. The molecule has 0 radical (unpaired) electrons. The second-order valence-corrected chi connectivity index (χ2v) is 5.42. The molecule has 0 saturated heterocycles. The van der Waals surface area contributed by atoms with Gasteiger partial charge >= 0.3 is 0 Å². The van der Waals surface area contributed by atoms with Crippen molar-refractivity contribution >= 4 is 0 Å². The van der Waals surface area contributed by atoms with E-state index in [1.54, 1.807) is 6.07 Å². The minimum Gasteiger partial charge on any atom is -0.314 e. The van der Waals surface area contributed by atoms with Crippen LogP contribution in [0.2, 0.25) is 0 Å². The molecule has 0 aromatic heterocycles. The molecule has 1 fully saturated rings. The monoisotopic (exact) mass is 249 g/mol. The summed E-state index contributed by atoms with van der Waals surface area (Å²) < 4.78 is 13.7. The standard InChI is InChI=1S/C16H24FN/c1-3-18-16-8-6-4-5-7-14(16)13-10-9-12(2)15(17)11-13/h9-11,14,16,18H,3-8H2,1-2H3. The molecule has 0 heterocycles. The lowest BCUT2D eigenvalue weighted by Crippen LogP contribution is -2.34. The number of hydrogen-bond acceptors (Lipinski definition) is 1. The molecule has 0 bridgehead atoms. The lowest BCUT2D eigenvalue weighted by atomic mass is 9.87. The van der Waals surface area contributed by atoms with Gasteiger partial charge in [0.2, 0.25) is 0 Å². The van der Waals surface area contributed by atoms with Gasteiger partial charge < -0.3 is 5.32 Å². The van der Waals surface area contributed by atoms with Gasteiger partial charge in [0.25, 0.3) is 0 Å². The lowest BCUT2D eigenvalue weighted by Gasteiger charge is -2.26. The second-order valence-electron chi connectivity index (χ2n) is 5.42. The minimum atomic E-state index is -0.0630. The van der Waals surface area contributed by atoms with Crippen LogP contribution in [-0.2, 0) is 0 Å². The molecule has 1 saturated carbocycles. The maximum atomic E-state index is 13.7. The van der Waals surface area contributed by atoms with Gasteiger partial charge in [-0.05, 0) is 49.4 Å². The van der Waals surface area contributed by atoms with Crippen molar-refractivity contribution in [1.29, 1.82) is 0 Å². The van der Waals surface area contributed by atoms with E-state index in [4.69, 9.17) is 0 Å².